The van der Waals surface area contributed by atoms with Gasteiger partial charge in [0, 0.05) is 5.02 Å². The van der Waals surface area contributed by atoms with E-state index in [0.29, 0.717) is 10.8 Å². The number of phenolic OH excluding ortho intramolecular Hbond substituents is 1. The van der Waals surface area contributed by atoms with E-state index in [-0.39, 0.29) is 17.4 Å². The lowest BCUT2D eigenvalue weighted by Gasteiger charge is -2.12. The normalized spacial score (nSPS) is 12.2. The van der Waals surface area contributed by atoms with E-state index >= 15 is 0 Å². The fraction of sp³-hybridized carbons (Fsp3) is 0.214. The van der Waals surface area contributed by atoms with Crippen molar-refractivity contribution in [2.45, 2.75) is 19.9 Å². The van der Waals surface area contributed by atoms with Gasteiger partial charge in [-0.2, -0.15) is 0 Å². The summed E-state index contributed by atoms with van der Waals surface area (Å²) >= 11 is 5.81. The molecule has 0 saturated carbocycles. The zero-order valence-electron chi connectivity index (χ0n) is 10.6. The van der Waals surface area contributed by atoms with Crippen LogP contribution in [0.15, 0.2) is 34.7 Å². The second kappa shape index (κ2) is 5.36. The van der Waals surface area contributed by atoms with Crippen LogP contribution in [0.4, 0.5) is 0 Å². The van der Waals surface area contributed by atoms with E-state index in [1.54, 1.807) is 13.0 Å². The van der Waals surface area contributed by atoms with Gasteiger partial charge in [0.25, 0.3) is 5.91 Å². The number of carbonyl (C=O) groups excluding carboxylic acids is 1. The second-order valence-corrected chi connectivity index (χ2v) is 4.74. The Morgan fingerprint density at radius 1 is 1.37 bits per heavy atom. The molecule has 100 valence electrons. The molecule has 0 aliphatic rings. The van der Waals surface area contributed by atoms with Crippen molar-refractivity contribution in [2.75, 3.05) is 0 Å². The molecule has 2 aromatic rings. The van der Waals surface area contributed by atoms with Crippen molar-refractivity contribution in [3.63, 3.8) is 0 Å². The molecule has 0 bridgehead atoms. The Kier molecular flexibility index (Phi) is 3.81. The van der Waals surface area contributed by atoms with Crippen LogP contribution in [-0.2, 0) is 0 Å². The van der Waals surface area contributed by atoms with Gasteiger partial charge < -0.3 is 14.8 Å². The average Bonchev–Trinajstić information content (AvgIpc) is 2.79. The SMILES string of the molecule is Cc1ccc(C(C)NC(=O)c2cc(Cl)ccc2O)o1. The lowest BCUT2D eigenvalue weighted by atomic mass is 10.1. The molecular formula is C14H14ClNO3. The summed E-state index contributed by atoms with van der Waals surface area (Å²) in [7, 11) is 0. The predicted molar refractivity (Wildman–Crippen MR) is 72.4 cm³/mol. The van der Waals surface area contributed by atoms with E-state index < -0.39 is 5.91 Å². The molecule has 4 nitrogen and oxygen atoms in total. The van der Waals surface area contributed by atoms with Gasteiger partial charge in [-0.3, -0.25) is 4.79 Å². The molecule has 0 radical (unpaired) electrons. The monoisotopic (exact) mass is 279 g/mol. The Bertz CT molecular complexity index is 606. The van der Waals surface area contributed by atoms with Crippen LogP contribution in [0, 0.1) is 6.92 Å². The van der Waals surface area contributed by atoms with Crippen molar-refractivity contribution in [3.05, 3.63) is 52.4 Å². The predicted octanol–water partition coefficient (Wildman–Crippen LogP) is 3.44. The molecule has 1 heterocycles. The number of aromatic hydroxyl groups is 1. The molecule has 0 spiro atoms. The molecule has 0 aliphatic carbocycles. The molecule has 0 saturated heterocycles. The minimum Gasteiger partial charge on any atom is -0.507 e. The summed E-state index contributed by atoms with van der Waals surface area (Å²) in [5, 5.41) is 12.8. The van der Waals surface area contributed by atoms with Gasteiger partial charge in [-0.25, -0.2) is 0 Å². The summed E-state index contributed by atoms with van der Waals surface area (Å²) in [5.74, 6) is 0.931. The lowest BCUT2D eigenvalue weighted by Crippen LogP contribution is -2.26. The molecule has 1 aromatic heterocycles. The van der Waals surface area contributed by atoms with E-state index in [4.69, 9.17) is 16.0 Å². The Hall–Kier alpha value is -1.94. The minimum absolute atomic E-state index is 0.107. The Labute approximate surface area is 116 Å². The third-order valence-electron chi connectivity index (χ3n) is 2.74. The van der Waals surface area contributed by atoms with Crippen LogP contribution >= 0.6 is 11.6 Å². The van der Waals surface area contributed by atoms with Gasteiger partial charge in [-0.05, 0) is 44.2 Å². The van der Waals surface area contributed by atoms with Crippen LogP contribution in [0.3, 0.4) is 0 Å². The minimum atomic E-state index is -0.401. The first-order valence-electron chi connectivity index (χ1n) is 5.83. The fourth-order valence-corrected chi connectivity index (χ4v) is 1.89. The molecule has 19 heavy (non-hydrogen) atoms. The van der Waals surface area contributed by atoms with Gasteiger partial charge in [-0.15, -0.1) is 0 Å². The van der Waals surface area contributed by atoms with E-state index in [0.717, 1.165) is 5.76 Å². The van der Waals surface area contributed by atoms with Crippen molar-refractivity contribution in [2.24, 2.45) is 0 Å². The fourth-order valence-electron chi connectivity index (χ4n) is 1.72. The standard InChI is InChI=1S/C14H14ClNO3/c1-8-3-6-13(19-8)9(2)16-14(18)11-7-10(15)4-5-12(11)17/h3-7,9,17H,1-2H3,(H,16,18). The summed E-state index contributed by atoms with van der Waals surface area (Å²) in [6.45, 7) is 3.64. The highest BCUT2D eigenvalue weighted by Crippen LogP contribution is 2.23. The van der Waals surface area contributed by atoms with Gasteiger partial charge >= 0.3 is 0 Å². The van der Waals surface area contributed by atoms with Gasteiger partial charge in [0.1, 0.15) is 17.3 Å². The third kappa shape index (κ3) is 3.09. The molecular weight excluding hydrogens is 266 g/mol. The van der Waals surface area contributed by atoms with E-state index in [1.807, 2.05) is 13.0 Å². The van der Waals surface area contributed by atoms with Gasteiger partial charge in [-0.1, -0.05) is 11.6 Å². The third-order valence-corrected chi connectivity index (χ3v) is 2.97. The zero-order valence-corrected chi connectivity index (χ0v) is 11.4. The smallest absolute Gasteiger partial charge is 0.255 e. The highest BCUT2D eigenvalue weighted by molar-refractivity contribution is 6.31. The Morgan fingerprint density at radius 3 is 2.74 bits per heavy atom. The first kappa shape index (κ1) is 13.5. The van der Waals surface area contributed by atoms with Crippen LogP contribution in [0.25, 0.3) is 0 Å². The maximum Gasteiger partial charge on any atom is 0.255 e. The van der Waals surface area contributed by atoms with E-state index in [2.05, 4.69) is 5.32 Å². The number of halogens is 1. The average molecular weight is 280 g/mol. The molecule has 1 aromatic carbocycles. The highest BCUT2D eigenvalue weighted by Gasteiger charge is 2.17. The van der Waals surface area contributed by atoms with Crippen molar-refractivity contribution in [1.82, 2.24) is 5.32 Å². The first-order valence-corrected chi connectivity index (χ1v) is 6.21. The zero-order chi connectivity index (χ0) is 14.0. The maximum atomic E-state index is 12.0. The molecule has 1 unspecified atom stereocenters. The topological polar surface area (TPSA) is 62.5 Å². The van der Waals surface area contributed by atoms with Crippen molar-refractivity contribution >= 4 is 17.5 Å². The summed E-state index contributed by atoms with van der Waals surface area (Å²) < 4.78 is 5.43. The number of phenols is 1. The molecule has 2 N–H and O–H groups in total. The largest absolute Gasteiger partial charge is 0.507 e. The second-order valence-electron chi connectivity index (χ2n) is 4.31. The molecule has 5 heteroatoms. The van der Waals surface area contributed by atoms with Gasteiger partial charge in [0.05, 0.1) is 11.6 Å². The van der Waals surface area contributed by atoms with Crippen LogP contribution in [0.2, 0.25) is 5.02 Å². The van der Waals surface area contributed by atoms with Crippen LogP contribution in [-0.4, -0.2) is 11.0 Å². The summed E-state index contributed by atoms with van der Waals surface area (Å²) in [5.41, 5.74) is 0.141. The number of rotatable bonds is 3. The number of carbonyl (C=O) groups is 1. The number of furan rings is 1. The van der Waals surface area contributed by atoms with Crippen LogP contribution < -0.4 is 5.32 Å². The van der Waals surface area contributed by atoms with E-state index in [9.17, 15) is 9.90 Å². The Balaban J connectivity index is 2.15. The molecule has 0 fully saturated rings. The number of hydrogen-bond acceptors (Lipinski definition) is 3. The quantitative estimate of drug-likeness (QED) is 0.905. The maximum absolute atomic E-state index is 12.0. The highest BCUT2D eigenvalue weighted by atomic mass is 35.5. The van der Waals surface area contributed by atoms with Crippen LogP contribution in [0.1, 0.15) is 34.8 Å². The van der Waals surface area contributed by atoms with Gasteiger partial charge in [0.15, 0.2) is 0 Å². The number of benzene rings is 1. The first-order chi connectivity index (χ1) is 8.97. The lowest BCUT2D eigenvalue weighted by molar-refractivity contribution is 0.0932. The summed E-state index contributed by atoms with van der Waals surface area (Å²) in [4.78, 5) is 12.0. The number of hydrogen-bond donors (Lipinski definition) is 2. The molecule has 2 rings (SSSR count). The number of nitrogens with one attached hydrogen (secondary N) is 1. The van der Waals surface area contributed by atoms with Gasteiger partial charge in [0.2, 0.25) is 0 Å². The molecule has 0 aliphatic heterocycles. The van der Waals surface area contributed by atoms with Crippen molar-refractivity contribution in [3.8, 4) is 5.75 Å². The number of amides is 1. The number of aryl methyl sites for hydroxylation is 1. The van der Waals surface area contributed by atoms with Crippen molar-refractivity contribution in [1.29, 1.82) is 0 Å². The summed E-state index contributed by atoms with van der Waals surface area (Å²) in [6.07, 6.45) is 0. The van der Waals surface area contributed by atoms with E-state index in [1.165, 1.54) is 18.2 Å². The molecule has 1 amide bonds. The van der Waals surface area contributed by atoms with Crippen LogP contribution in [0.5, 0.6) is 5.75 Å². The Morgan fingerprint density at radius 2 is 2.11 bits per heavy atom. The molecule has 1 atom stereocenters. The van der Waals surface area contributed by atoms with Crippen molar-refractivity contribution < 1.29 is 14.3 Å². The summed E-state index contributed by atoms with van der Waals surface area (Å²) in [6, 6.07) is 7.67.